The molecule has 9 heteroatoms. The van der Waals surface area contributed by atoms with Crippen LogP contribution in [0, 0.1) is 10.1 Å². The Morgan fingerprint density at radius 1 is 1.24 bits per heavy atom. The van der Waals surface area contributed by atoms with Gasteiger partial charge in [0, 0.05) is 38.0 Å². The molecule has 0 bridgehead atoms. The number of nitrogens with one attached hydrogen (secondary N) is 1. The third kappa shape index (κ3) is 6.01. The van der Waals surface area contributed by atoms with E-state index in [0.717, 1.165) is 11.6 Å². The van der Waals surface area contributed by atoms with E-state index in [1.807, 2.05) is 30.3 Å². The summed E-state index contributed by atoms with van der Waals surface area (Å²) in [5.41, 5.74) is 0.827. The zero-order valence-electron chi connectivity index (χ0n) is 16.2. The Kier molecular flexibility index (Phi) is 7.67. The van der Waals surface area contributed by atoms with E-state index in [1.54, 1.807) is 7.05 Å². The van der Waals surface area contributed by atoms with Gasteiger partial charge in [0.15, 0.2) is 6.10 Å². The molecule has 1 amide bonds. The number of hydrogen-bond acceptors (Lipinski definition) is 7. The molecular weight excluding hydrogens is 378 g/mol. The molecule has 2 aromatic carbocycles. The molecular formula is C20H23N3O6. The van der Waals surface area contributed by atoms with Gasteiger partial charge < -0.3 is 20.1 Å². The summed E-state index contributed by atoms with van der Waals surface area (Å²) in [5, 5.41) is 22.8. The van der Waals surface area contributed by atoms with Crippen molar-refractivity contribution in [2.75, 3.05) is 25.5 Å². The van der Waals surface area contributed by atoms with Crippen LogP contribution in [0.1, 0.15) is 22.8 Å². The van der Waals surface area contributed by atoms with Gasteiger partial charge >= 0.3 is 5.97 Å². The second kappa shape index (κ2) is 10.2. The normalized spacial score (nSPS) is 11.4. The number of likely N-dealkylation sites (N-methyl/N-ethyl adjacent to an activating group) is 1. The smallest absolute Gasteiger partial charge is 0.341 e. The van der Waals surface area contributed by atoms with Gasteiger partial charge in [-0.2, -0.15) is 0 Å². The Morgan fingerprint density at radius 2 is 1.93 bits per heavy atom. The number of anilines is 1. The number of nitrogens with zero attached hydrogens (tertiary/aromatic N) is 2. The number of aliphatic hydroxyl groups excluding tert-OH is 1. The molecule has 0 saturated heterocycles. The van der Waals surface area contributed by atoms with E-state index in [2.05, 4.69) is 5.32 Å². The van der Waals surface area contributed by atoms with Gasteiger partial charge in [-0.3, -0.25) is 14.9 Å². The van der Waals surface area contributed by atoms with Crippen molar-refractivity contribution in [3.05, 3.63) is 69.8 Å². The summed E-state index contributed by atoms with van der Waals surface area (Å²) in [4.78, 5) is 37.0. The molecule has 9 nitrogen and oxygen atoms in total. The van der Waals surface area contributed by atoms with Gasteiger partial charge in [-0.25, -0.2) is 4.79 Å². The minimum absolute atomic E-state index is 0.0852. The van der Waals surface area contributed by atoms with Gasteiger partial charge in [0.1, 0.15) is 0 Å². The fourth-order valence-corrected chi connectivity index (χ4v) is 2.68. The number of nitro benzene ring substituents is 1. The largest absolute Gasteiger partial charge is 0.449 e. The summed E-state index contributed by atoms with van der Waals surface area (Å²) in [6.07, 6.45) is -1.08. The molecule has 154 valence electrons. The van der Waals surface area contributed by atoms with Crippen LogP contribution in [-0.4, -0.2) is 53.1 Å². The summed E-state index contributed by atoms with van der Waals surface area (Å²) in [6.45, 7) is 1.75. The molecule has 0 aliphatic rings. The van der Waals surface area contributed by atoms with Gasteiger partial charge in [-0.15, -0.1) is 0 Å². The van der Waals surface area contributed by atoms with Gasteiger partial charge in [0.05, 0.1) is 17.1 Å². The molecule has 0 heterocycles. The lowest BCUT2D eigenvalue weighted by molar-refractivity contribution is -0.384. The highest BCUT2D eigenvalue weighted by molar-refractivity contribution is 5.98. The molecule has 1 atom stereocenters. The van der Waals surface area contributed by atoms with Crippen LogP contribution < -0.4 is 5.32 Å². The fraction of sp³-hybridized carbons (Fsp3) is 0.300. The highest BCUT2D eigenvalue weighted by Crippen LogP contribution is 2.23. The van der Waals surface area contributed by atoms with Crippen molar-refractivity contribution >= 4 is 23.3 Å². The van der Waals surface area contributed by atoms with Crippen LogP contribution in [0.4, 0.5) is 11.4 Å². The number of non-ortho nitro benzene ring substituents is 1. The summed E-state index contributed by atoms with van der Waals surface area (Å²) < 4.78 is 5.26. The fourth-order valence-electron chi connectivity index (χ4n) is 2.68. The predicted molar refractivity (Wildman–Crippen MR) is 106 cm³/mol. The lowest BCUT2D eigenvalue weighted by Gasteiger charge is -2.22. The van der Waals surface area contributed by atoms with Crippen LogP contribution in [0.25, 0.3) is 0 Å². The molecule has 0 fully saturated rings. The molecule has 0 spiro atoms. The number of carbonyl (C=O) groups excluding carboxylic acids is 2. The molecule has 0 aliphatic carbocycles. The third-order valence-electron chi connectivity index (χ3n) is 4.13. The van der Waals surface area contributed by atoms with E-state index in [1.165, 1.54) is 24.0 Å². The van der Waals surface area contributed by atoms with Gasteiger partial charge in [0.2, 0.25) is 0 Å². The highest BCUT2D eigenvalue weighted by atomic mass is 16.6. The predicted octanol–water partition coefficient (Wildman–Crippen LogP) is 2.20. The number of benzene rings is 2. The first kappa shape index (κ1) is 21.8. The zero-order chi connectivity index (χ0) is 21.4. The number of carbonyl (C=O) groups is 2. The van der Waals surface area contributed by atoms with Gasteiger partial charge in [-0.1, -0.05) is 30.3 Å². The van der Waals surface area contributed by atoms with Crippen molar-refractivity contribution in [3.63, 3.8) is 0 Å². The molecule has 29 heavy (non-hydrogen) atoms. The maximum atomic E-state index is 12.6. The molecule has 2 rings (SSSR count). The average Bonchev–Trinajstić information content (AvgIpc) is 2.71. The Hall–Kier alpha value is -3.46. The lowest BCUT2D eigenvalue weighted by Crippen LogP contribution is -2.37. The van der Waals surface area contributed by atoms with Crippen LogP contribution in [-0.2, 0) is 16.1 Å². The van der Waals surface area contributed by atoms with Crippen molar-refractivity contribution in [2.45, 2.75) is 19.6 Å². The molecule has 0 aliphatic heterocycles. The summed E-state index contributed by atoms with van der Waals surface area (Å²) >= 11 is 0. The number of nitro groups is 1. The first-order chi connectivity index (χ1) is 13.8. The third-order valence-corrected chi connectivity index (χ3v) is 4.13. The van der Waals surface area contributed by atoms with E-state index >= 15 is 0 Å². The quantitative estimate of drug-likeness (QED) is 0.375. The minimum Gasteiger partial charge on any atom is -0.449 e. The van der Waals surface area contributed by atoms with E-state index in [4.69, 9.17) is 9.84 Å². The average molecular weight is 401 g/mol. The first-order valence-electron chi connectivity index (χ1n) is 8.96. The second-order valence-electron chi connectivity index (χ2n) is 6.36. The SMILES string of the molecule is C[C@@H](OC(=O)c1cc([N+](=O)[O-])ccc1NCCO)C(=O)N(C)Cc1ccccc1. The first-order valence-corrected chi connectivity index (χ1v) is 8.96. The molecule has 0 unspecified atom stereocenters. The van der Waals surface area contributed by atoms with Crippen molar-refractivity contribution in [3.8, 4) is 0 Å². The van der Waals surface area contributed by atoms with Crippen molar-refractivity contribution in [2.24, 2.45) is 0 Å². The van der Waals surface area contributed by atoms with Crippen LogP contribution >= 0.6 is 0 Å². The number of rotatable bonds is 9. The Balaban J connectivity index is 2.11. The molecule has 0 radical (unpaired) electrons. The van der Waals surface area contributed by atoms with E-state index < -0.39 is 22.9 Å². The number of amides is 1. The van der Waals surface area contributed by atoms with Crippen LogP contribution in [0.3, 0.4) is 0 Å². The molecule has 2 aromatic rings. The second-order valence-corrected chi connectivity index (χ2v) is 6.36. The van der Waals surface area contributed by atoms with Crippen molar-refractivity contribution in [1.29, 1.82) is 0 Å². The molecule has 0 aromatic heterocycles. The standard InChI is InChI=1S/C20H23N3O6/c1-14(19(25)22(2)13-15-6-4-3-5-7-15)29-20(26)17-12-16(23(27)28)8-9-18(17)21-10-11-24/h3-9,12,14,21,24H,10-11,13H2,1-2H3/t14-/m1/s1. The highest BCUT2D eigenvalue weighted by Gasteiger charge is 2.25. The van der Waals surface area contributed by atoms with E-state index in [0.29, 0.717) is 6.54 Å². The number of esters is 1. The van der Waals surface area contributed by atoms with Crippen LogP contribution in [0.15, 0.2) is 48.5 Å². The van der Waals surface area contributed by atoms with Gasteiger partial charge in [0.25, 0.3) is 11.6 Å². The lowest BCUT2D eigenvalue weighted by atomic mass is 10.1. The summed E-state index contributed by atoms with van der Waals surface area (Å²) in [6, 6.07) is 13.0. The summed E-state index contributed by atoms with van der Waals surface area (Å²) in [7, 11) is 1.60. The van der Waals surface area contributed by atoms with Crippen LogP contribution in [0.2, 0.25) is 0 Å². The zero-order valence-corrected chi connectivity index (χ0v) is 16.2. The number of ether oxygens (including phenoxy) is 1. The maximum Gasteiger partial charge on any atom is 0.341 e. The van der Waals surface area contributed by atoms with E-state index in [9.17, 15) is 19.7 Å². The maximum absolute atomic E-state index is 12.6. The number of aliphatic hydroxyl groups is 1. The molecule has 0 saturated carbocycles. The summed E-state index contributed by atoms with van der Waals surface area (Å²) in [5.74, 6) is -1.28. The van der Waals surface area contributed by atoms with Crippen LogP contribution in [0.5, 0.6) is 0 Å². The van der Waals surface area contributed by atoms with Crippen molar-refractivity contribution in [1.82, 2.24) is 4.90 Å². The Labute approximate surface area is 168 Å². The Bertz CT molecular complexity index is 872. The number of hydrogen-bond donors (Lipinski definition) is 2. The topological polar surface area (TPSA) is 122 Å². The Morgan fingerprint density at radius 3 is 2.55 bits per heavy atom. The van der Waals surface area contributed by atoms with E-state index in [-0.39, 0.29) is 30.1 Å². The van der Waals surface area contributed by atoms with Gasteiger partial charge in [-0.05, 0) is 18.6 Å². The molecule has 2 N–H and O–H groups in total. The minimum atomic E-state index is -1.08. The monoisotopic (exact) mass is 401 g/mol. The van der Waals surface area contributed by atoms with Crippen molar-refractivity contribution < 1.29 is 24.4 Å².